The van der Waals surface area contributed by atoms with Gasteiger partial charge in [0.05, 0.1) is 10.6 Å². The average Bonchev–Trinajstić information content (AvgIpc) is 2.89. The Balaban J connectivity index is 1.94. The molecule has 1 aromatic rings. The Labute approximate surface area is 131 Å². The van der Waals surface area contributed by atoms with Gasteiger partial charge in [0, 0.05) is 19.3 Å². The number of rotatable bonds is 6. The van der Waals surface area contributed by atoms with Crippen molar-refractivity contribution in [1.82, 2.24) is 10.3 Å². The highest BCUT2D eigenvalue weighted by Gasteiger charge is 2.22. The molecule has 2 unspecified atom stereocenters. The first kappa shape index (κ1) is 16.1. The number of aromatic nitrogens is 1. The first-order valence-corrected chi connectivity index (χ1v) is 8.15. The zero-order valence-electron chi connectivity index (χ0n) is 12.8. The monoisotopic (exact) mass is 309 g/mol. The summed E-state index contributed by atoms with van der Waals surface area (Å²) in [5.41, 5.74) is 0.497. The van der Waals surface area contributed by atoms with Crippen molar-refractivity contribution >= 4 is 23.3 Å². The van der Waals surface area contributed by atoms with Crippen LogP contribution in [0.15, 0.2) is 12.3 Å². The van der Waals surface area contributed by atoms with E-state index in [1.165, 1.54) is 25.5 Å². The van der Waals surface area contributed by atoms with Crippen LogP contribution in [-0.4, -0.2) is 24.0 Å². The number of amides is 1. The minimum atomic E-state index is -0.110. The highest BCUT2D eigenvalue weighted by Crippen LogP contribution is 2.29. The smallest absolute Gasteiger partial charge is 0.252 e. The van der Waals surface area contributed by atoms with Gasteiger partial charge < -0.3 is 10.6 Å². The van der Waals surface area contributed by atoms with Crippen LogP contribution in [0.1, 0.15) is 49.9 Å². The lowest BCUT2D eigenvalue weighted by Gasteiger charge is -2.12. The summed E-state index contributed by atoms with van der Waals surface area (Å²) in [5, 5.41) is 6.57. The van der Waals surface area contributed by atoms with Crippen LogP contribution in [0.25, 0.3) is 0 Å². The lowest BCUT2D eigenvalue weighted by atomic mass is 10.1. The van der Waals surface area contributed by atoms with Crippen molar-refractivity contribution in [3.8, 4) is 0 Å². The van der Waals surface area contributed by atoms with Crippen LogP contribution in [0.2, 0.25) is 5.02 Å². The fourth-order valence-corrected chi connectivity index (χ4v) is 2.99. The molecule has 2 rings (SSSR count). The van der Waals surface area contributed by atoms with Gasteiger partial charge in [-0.1, -0.05) is 31.9 Å². The largest absolute Gasteiger partial charge is 0.370 e. The topological polar surface area (TPSA) is 54.0 Å². The van der Waals surface area contributed by atoms with E-state index in [1.807, 2.05) is 0 Å². The molecule has 1 aliphatic carbocycles. The first-order chi connectivity index (χ1) is 10.1. The first-order valence-electron chi connectivity index (χ1n) is 7.77. The summed E-state index contributed by atoms with van der Waals surface area (Å²) in [7, 11) is 0. The number of carbonyl (C=O) groups excluding carboxylic acids is 1. The number of nitrogens with zero attached hydrogens (tertiary/aromatic N) is 1. The number of carbonyl (C=O) groups is 1. The Morgan fingerprint density at radius 2 is 2.29 bits per heavy atom. The Kier molecular flexibility index (Phi) is 5.85. The molecule has 21 heavy (non-hydrogen) atoms. The number of hydrogen-bond acceptors (Lipinski definition) is 3. The molecule has 1 fully saturated rings. The third-order valence-electron chi connectivity index (χ3n) is 4.01. The van der Waals surface area contributed by atoms with E-state index in [1.54, 1.807) is 6.07 Å². The SMILES string of the molecule is CCCNc1cc(C(=O)NCC2CCC(C)C2)c(Cl)cn1. The van der Waals surface area contributed by atoms with Crippen LogP contribution in [-0.2, 0) is 0 Å². The highest BCUT2D eigenvalue weighted by molar-refractivity contribution is 6.33. The summed E-state index contributed by atoms with van der Waals surface area (Å²) in [6.45, 7) is 5.92. The lowest BCUT2D eigenvalue weighted by Crippen LogP contribution is -2.28. The average molecular weight is 310 g/mol. The normalized spacial score (nSPS) is 21.3. The van der Waals surface area contributed by atoms with Crippen LogP contribution in [0, 0.1) is 11.8 Å². The number of hydrogen-bond donors (Lipinski definition) is 2. The van der Waals surface area contributed by atoms with Crippen LogP contribution >= 0.6 is 11.6 Å². The molecule has 0 aliphatic heterocycles. The number of pyridine rings is 1. The van der Waals surface area contributed by atoms with Crippen molar-refractivity contribution in [2.24, 2.45) is 11.8 Å². The number of anilines is 1. The van der Waals surface area contributed by atoms with Gasteiger partial charge in [0.2, 0.25) is 0 Å². The van der Waals surface area contributed by atoms with Gasteiger partial charge in [-0.2, -0.15) is 0 Å². The van der Waals surface area contributed by atoms with E-state index in [4.69, 9.17) is 11.6 Å². The second kappa shape index (κ2) is 7.64. The molecule has 116 valence electrons. The maximum absolute atomic E-state index is 12.3. The highest BCUT2D eigenvalue weighted by atomic mass is 35.5. The van der Waals surface area contributed by atoms with Gasteiger partial charge in [0.1, 0.15) is 5.82 Å². The summed E-state index contributed by atoms with van der Waals surface area (Å²) in [4.78, 5) is 16.5. The van der Waals surface area contributed by atoms with E-state index in [0.29, 0.717) is 22.3 Å². The molecule has 4 nitrogen and oxygen atoms in total. The molecule has 1 heterocycles. The standard InChI is InChI=1S/C16H24ClN3O/c1-3-6-18-15-8-13(14(17)10-19-15)16(21)20-9-12-5-4-11(2)7-12/h8,10-12H,3-7,9H2,1-2H3,(H,18,19)(H,20,21). The van der Waals surface area contributed by atoms with Gasteiger partial charge in [0.25, 0.3) is 5.91 Å². The summed E-state index contributed by atoms with van der Waals surface area (Å²) in [6, 6.07) is 1.73. The molecule has 1 saturated carbocycles. The maximum atomic E-state index is 12.3. The van der Waals surface area contributed by atoms with E-state index < -0.39 is 0 Å². The summed E-state index contributed by atoms with van der Waals surface area (Å²) in [5.74, 6) is 1.96. The predicted octanol–water partition coefficient (Wildman–Crippen LogP) is 3.72. The van der Waals surface area contributed by atoms with Crippen LogP contribution in [0.3, 0.4) is 0 Å². The third-order valence-corrected chi connectivity index (χ3v) is 4.31. The molecule has 0 aromatic carbocycles. The van der Waals surface area contributed by atoms with E-state index in [9.17, 15) is 4.79 Å². The molecule has 2 atom stereocenters. The van der Waals surface area contributed by atoms with Crippen molar-refractivity contribution in [2.75, 3.05) is 18.4 Å². The molecule has 2 N–H and O–H groups in total. The van der Waals surface area contributed by atoms with E-state index in [0.717, 1.165) is 25.4 Å². The van der Waals surface area contributed by atoms with Crippen molar-refractivity contribution in [1.29, 1.82) is 0 Å². The van der Waals surface area contributed by atoms with Crippen LogP contribution in [0.5, 0.6) is 0 Å². The van der Waals surface area contributed by atoms with Gasteiger partial charge in [0.15, 0.2) is 0 Å². The van der Waals surface area contributed by atoms with Gasteiger partial charge in [-0.05, 0) is 37.2 Å². The quantitative estimate of drug-likeness (QED) is 0.842. The summed E-state index contributed by atoms with van der Waals surface area (Å²) < 4.78 is 0. The molecule has 0 bridgehead atoms. The van der Waals surface area contributed by atoms with E-state index >= 15 is 0 Å². The minimum Gasteiger partial charge on any atom is -0.370 e. The van der Waals surface area contributed by atoms with E-state index in [2.05, 4.69) is 29.5 Å². The third kappa shape index (κ3) is 4.60. The second-order valence-electron chi connectivity index (χ2n) is 5.97. The molecule has 0 radical (unpaired) electrons. The zero-order chi connectivity index (χ0) is 15.2. The van der Waals surface area contributed by atoms with Crippen molar-refractivity contribution in [2.45, 2.75) is 39.5 Å². The van der Waals surface area contributed by atoms with Gasteiger partial charge in [-0.15, -0.1) is 0 Å². The Morgan fingerprint density at radius 1 is 1.48 bits per heavy atom. The molecule has 0 spiro atoms. The fourth-order valence-electron chi connectivity index (χ4n) is 2.81. The zero-order valence-corrected chi connectivity index (χ0v) is 13.5. The van der Waals surface area contributed by atoms with Gasteiger partial charge in [-0.25, -0.2) is 4.98 Å². The van der Waals surface area contributed by atoms with E-state index in [-0.39, 0.29) is 5.91 Å². The Morgan fingerprint density at radius 3 is 2.95 bits per heavy atom. The Bertz CT molecular complexity index is 492. The van der Waals surface area contributed by atoms with Crippen molar-refractivity contribution in [3.05, 3.63) is 22.8 Å². The molecular formula is C16H24ClN3O. The van der Waals surface area contributed by atoms with Gasteiger partial charge >= 0.3 is 0 Å². The molecule has 1 aromatic heterocycles. The number of nitrogens with one attached hydrogen (secondary N) is 2. The van der Waals surface area contributed by atoms with Crippen molar-refractivity contribution < 1.29 is 4.79 Å². The molecule has 1 aliphatic rings. The van der Waals surface area contributed by atoms with Crippen LogP contribution in [0.4, 0.5) is 5.82 Å². The maximum Gasteiger partial charge on any atom is 0.252 e. The summed E-state index contributed by atoms with van der Waals surface area (Å²) >= 11 is 6.09. The second-order valence-corrected chi connectivity index (χ2v) is 6.38. The molecule has 1 amide bonds. The predicted molar refractivity (Wildman–Crippen MR) is 86.9 cm³/mol. The fraction of sp³-hybridized carbons (Fsp3) is 0.625. The molecule has 0 saturated heterocycles. The number of halogens is 1. The van der Waals surface area contributed by atoms with Crippen LogP contribution < -0.4 is 10.6 Å². The Hall–Kier alpha value is -1.29. The van der Waals surface area contributed by atoms with Gasteiger partial charge in [-0.3, -0.25) is 4.79 Å². The van der Waals surface area contributed by atoms with Crippen molar-refractivity contribution in [3.63, 3.8) is 0 Å². The summed E-state index contributed by atoms with van der Waals surface area (Å²) in [6.07, 6.45) is 6.21. The molecular weight excluding hydrogens is 286 g/mol. The minimum absolute atomic E-state index is 0.110. The molecule has 5 heteroatoms. The lowest BCUT2D eigenvalue weighted by molar-refractivity contribution is 0.0947.